The predicted octanol–water partition coefficient (Wildman–Crippen LogP) is 2.61. The molecule has 0 bridgehead atoms. The predicted molar refractivity (Wildman–Crippen MR) is 70.5 cm³/mol. The van der Waals surface area contributed by atoms with Crippen LogP contribution >= 0.6 is 24.8 Å². The van der Waals surface area contributed by atoms with Crippen LogP contribution in [0.4, 0.5) is 0 Å². The van der Waals surface area contributed by atoms with Crippen molar-refractivity contribution in [3.8, 4) is 5.75 Å². The van der Waals surface area contributed by atoms with Crippen molar-refractivity contribution >= 4 is 30.9 Å². The molecule has 0 radical (unpaired) electrons. The first-order valence-corrected chi connectivity index (χ1v) is 4.81. The van der Waals surface area contributed by atoms with Crippen molar-refractivity contribution in [1.82, 2.24) is 9.88 Å². The largest absolute Gasteiger partial charge is 0.477 e. The van der Waals surface area contributed by atoms with Crippen molar-refractivity contribution in [2.24, 2.45) is 0 Å². The van der Waals surface area contributed by atoms with Gasteiger partial charge in [-0.05, 0) is 18.1 Å². The van der Waals surface area contributed by atoms with Crippen LogP contribution in [-0.2, 0) is 0 Å². The average molecular weight is 263 g/mol. The zero-order chi connectivity index (χ0) is 9.80. The summed E-state index contributed by atoms with van der Waals surface area (Å²) in [4.78, 5) is 6.31. The van der Waals surface area contributed by atoms with Crippen molar-refractivity contribution in [3.63, 3.8) is 0 Å². The molecule has 1 aliphatic rings. The highest BCUT2D eigenvalue weighted by molar-refractivity contribution is 5.85. The van der Waals surface area contributed by atoms with Crippen LogP contribution < -0.4 is 4.74 Å². The van der Waals surface area contributed by atoms with E-state index < -0.39 is 0 Å². The summed E-state index contributed by atoms with van der Waals surface area (Å²) in [7, 11) is 0. The highest BCUT2D eigenvalue weighted by Crippen LogP contribution is 2.13. The number of aromatic nitrogens is 1. The summed E-state index contributed by atoms with van der Waals surface area (Å²) in [5.74, 6) is 0.814. The van der Waals surface area contributed by atoms with E-state index in [0.717, 1.165) is 24.4 Å². The molecule has 0 unspecified atom stereocenters. The van der Waals surface area contributed by atoms with E-state index in [1.54, 1.807) is 18.5 Å². The minimum absolute atomic E-state index is 0. The van der Waals surface area contributed by atoms with Crippen molar-refractivity contribution in [2.75, 3.05) is 19.8 Å². The summed E-state index contributed by atoms with van der Waals surface area (Å²) in [5.41, 5.74) is 0.992. The molecule has 0 spiro atoms. The Morgan fingerprint density at radius 3 is 2.69 bits per heavy atom. The zero-order valence-corrected chi connectivity index (χ0v) is 10.6. The first-order chi connectivity index (χ1) is 6.88. The van der Waals surface area contributed by atoms with E-state index in [1.165, 1.54) is 6.42 Å². The van der Waals surface area contributed by atoms with Gasteiger partial charge >= 0.3 is 0 Å². The lowest BCUT2D eigenvalue weighted by atomic mass is 10.2. The highest BCUT2D eigenvalue weighted by atomic mass is 35.5. The second kappa shape index (κ2) is 7.49. The fraction of sp³-hybridized carbons (Fsp3) is 0.364. The second-order valence-electron chi connectivity index (χ2n) is 3.40. The quantitative estimate of drug-likeness (QED) is 0.835. The van der Waals surface area contributed by atoms with Crippen LogP contribution in [-0.4, -0.2) is 29.7 Å². The molecule has 2 rings (SSSR count). The second-order valence-corrected chi connectivity index (χ2v) is 3.40. The smallest absolute Gasteiger partial charge is 0.142 e. The Labute approximate surface area is 108 Å². The topological polar surface area (TPSA) is 25.4 Å². The van der Waals surface area contributed by atoms with Crippen molar-refractivity contribution < 1.29 is 4.74 Å². The first-order valence-electron chi connectivity index (χ1n) is 4.81. The van der Waals surface area contributed by atoms with Crippen molar-refractivity contribution in [1.29, 1.82) is 0 Å². The van der Waals surface area contributed by atoms with E-state index in [4.69, 9.17) is 4.74 Å². The Morgan fingerprint density at radius 1 is 1.38 bits per heavy atom. The average Bonchev–Trinajstić information content (AvgIpc) is 2.16. The molecule has 1 aromatic rings. The Bertz CT molecular complexity index is 330. The monoisotopic (exact) mass is 262 g/mol. The maximum Gasteiger partial charge on any atom is 0.142 e. The van der Waals surface area contributed by atoms with E-state index in [0.29, 0.717) is 6.73 Å². The van der Waals surface area contributed by atoms with Gasteiger partial charge in [-0.15, -0.1) is 24.8 Å². The van der Waals surface area contributed by atoms with Gasteiger partial charge in [-0.2, -0.15) is 0 Å². The van der Waals surface area contributed by atoms with Gasteiger partial charge in [-0.25, -0.2) is 0 Å². The molecule has 5 heteroatoms. The number of nitrogens with zero attached hydrogens (tertiary/aromatic N) is 2. The summed E-state index contributed by atoms with van der Waals surface area (Å²) in [6.07, 6.45) is 6.55. The highest BCUT2D eigenvalue weighted by Gasteiger charge is 2.13. The normalized spacial score (nSPS) is 14.0. The number of pyridine rings is 1. The van der Waals surface area contributed by atoms with Crippen molar-refractivity contribution in [2.45, 2.75) is 6.42 Å². The van der Waals surface area contributed by atoms with Gasteiger partial charge in [0.15, 0.2) is 0 Å². The number of hydrogen-bond donors (Lipinski definition) is 0. The molecule has 2 heterocycles. The lowest BCUT2D eigenvalue weighted by Gasteiger charge is -2.30. The van der Waals surface area contributed by atoms with Gasteiger partial charge in [0, 0.05) is 19.3 Å². The maximum atomic E-state index is 5.57. The number of likely N-dealkylation sites (tertiary alicyclic amines) is 1. The van der Waals surface area contributed by atoms with Gasteiger partial charge in [0.2, 0.25) is 0 Å². The Hall–Kier alpha value is -0.770. The molecule has 1 aliphatic heterocycles. The van der Waals surface area contributed by atoms with Crippen LogP contribution in [0.3, 0.4) is 0 Å². The van der Waals surface area contributed by atoms with E-state index >= 15 is 0 Å². The summed E-state index contributed by atoms with van der Waals surface area (Å²) < 4.78 is 5.57. The first kappa shape index (κ1) is 15.2. The molecule has 1 aromatic heterocycles. The third-order valence-corrected chi connectivity index (χ3v) is 2.33. The van der Waals surface area contributed by atoms with E-state index in [2.05, 4.69) is 16.5 Å². The minimum atomic E-state index is 0. The molecule has 90 valence electrons. The van der Waals surface area contributed by atoms with Gasteiger partial charge in [0.25, 0.3) is 0 Å². The fourth-order valence-corrected chi connectivity index (χ4v) is 1.30. The van der Waals surface area contributed by atoms with Gasteiger partial charge in [0.05, 0.1) is 6.20 Å². The fourth-order valence-electron chi connectivity index (χ4n) is 1.30. The maximum absolute atomic E-state index is 5.57. The molecule has 0 saturated carbocycles. The summed E-state index contributed by atoms with van der Waals surface area (Å²) in [6, 6.07) is 1.94. The third kappa shape index (κ3) is 4.00. The van der Waals surface area contributed by atoms with E-state index in [-0.39, 0.29) is 24.8 Å². The number of halogens is 2. The summed E-state index contributed by atoms with van der Waals surface area (Å²) >= 11 is 0. The molecule has 3 nitrogen and oxygen atoms in total. The Balaban J connectivity index is 0.00000112. The number of rotatable bonds is 4. The van der Waals surface area contributed by atoms with Crippen LogP contribution in [0.25, 0.3) is 6.08 Å². The van der Waals surface area contributed by atoms with E-state index in [9.17, 15) is 0 Å². The van der Waals surface area contributed by atoms with E-state index in [1.807, 2.05) is 6.07 Å². The summed E-state index contributed by atoms with van der Waals surface area (Å²) in [5, 5.41) is 0. The molecule has 0 aliphatic carbocycles. The molecule has 1 fully saturated rings. The molecule has 1 saturated heterocycles. The Morgan fingerprint density at radius 2 is 2.12 bits per heavy atom. The molecule has 0 amide bonds. The van der Waals surface area contributed by atoms with Crippen LogP contribution in [0.15, 0.2) is 25.0 Å². The molecule has 0 N–H and O–H groups in total. The molecular weight excluding hydrogens is 247 g/mol. The number of ether oxygens (including phenoxy) is 1. The molecule has 0 aromatic carbocycles. The minimum Gasteiger partial charge on any atom is -0.477 e. The molecule has 0 atom stereocenters. The lowest BCUT2D eigenvalue weighted by Crippen LogP contribution is -2.39. The van der Waals surface area contributed by atoms with Crippen LogP contribution in [0.2, 0.25) is 0 Å². The van der Waals surface area contributed by atoms with Crippen LogP contribution in [0.5, 0.6) is 5.75 Å². The lowest BCUT2D eigenvalue weighted by molar-refractivity contribution is 0.0728. The third-order valence-electron chi connectivity index (χ3n) is 2.33. The zero-order valence-electron chi connectivity index (χ0n) is 8.96. The van der Waals surface area contributed by atoms with Gasteiger partial charge in [-0.3, -0.25) is 9.88 Å². The Kier molecular flexibility index (Phi) is 7.13. The number of hydrogen-bond acceptors (Lipinski definition) is 3. The standard InChI is InChI=1S/C11H14N2O.2ClH/c1-2-10-6-11(8-12-7-10)14-9-13-4-3-5-13;;/h2,6-8H,1,3-5,9H2;2*1H. The van der Waals surface area contributed by atoms with Crippen LogP contribution in [0.1, 0.15) is 12.0 Å². The summed E-state index contributed by atoms with van der Waals surface area (Å²) in [6.45, 7) is 6.65. The van der Waals surface area contributed by atoms with Crippen molar-refractivity contribution in [3.05, 3.63) is 30.6 Å². The van der Waals surface area contributed by atoms with Gasteiger partial charge in [0.1, 0.15) is 12.5 Å². The van der Waals surface area contributed by atoms with Crippen LogP contribution in [0, 0.1) is 0 Å². The molecular formula is C11H16Cl2N2O. The molecule has 16 heavy (non-hydrogen) atoms. The van der Waals surface area contributed by atoms with Gasteiger partial charge < -0.3 is 4.74 Å². The SMILES string of the molecule is C=Cc1cncc(OCN2CCC2)c1.Cl.Cl. The van der Waals surface area contributed by atoms with Gasteiger partial charge in [-0.1, -0.05) is 12.7 Å².